The molecular weight excluding hydrogens is 310 g/mol. The first kappa shape index (κ1) is 16.5. The Morgan fingerprint density at radius 3 is 2.52 bits per heavy atom. The molecule has 0 N–H and O–H groups in total. The van der Waals surface area contributed by atoms with Crippen LogP contribution < -0.4 is 0 Å². The number of carbonyl (C=O) groups excluding carboxylic acids is 1. The van der Waals surface area contributed by atoms with E-state index in [0.29, 0.717) is 12.5 Å². The van der Waals surface area contributed by atoms with Gasteiger partial charge in [-0.3, -0.25) is 10.1 Å². The molecule has 120 valence electrons. The number of halogens is 2. The van der Waals surface area contributed by atoms with Crippen LogP contribution in [0.25, 0.3) is 11.3 Å². The van der Waals surface area contributed by atoms with Gasteiger partial charge >= 0.3 is 5.97 Å². The third-order valence-electron chi connectivity index (χ3n) is 2.91. The van der Waals surface area contributed by atoms with E-state index in [4.69, 9.17) is 4.74 Å². The third kappa shape index (κ3) is 3.65. The number of benzene rings is 1. The van der Waals surface area contributed by atoms with Gasteiger partial charge in [0.2, 0.25) is 0 Å². The maximum absolute atomic E-state index is 13.9. The molecule has 1 aromatic carbocycles. The van der Waals surface area contributed by atoms with Crippen molar-refractivity contribution in [2.75, 3.05) is 6.61 Å². The number of nitro groups is 1. The zero-order valence-corrected chi connectivity index (χ0v) is 12.1. The highest BCUT2D eigenvalue weighted by molar-refractivity contribution is 5.88. The summed E-state index contributed by atoms with van der Waals surface area (Å²) >= 11 is 0. The molecule has 1 heterocycles. The fourth-order valence-corrected chi connectivity index (χ4v) is 1.80. The van der Waals surface area contributed by atoms with E-state index in [1.54, 1.807) is 6.92 Å². The minimum absolute atomic E-state index is 0.108. The lowest BCUT2D eigenvalue weighted by molar-refractivity contribution is -0.384. The first-order valence-corrected chi connectivity index (χ1v) is 6.72. The van der Waals surface area contributed by atoms with Crippen LogP contribution in [0.1, 0.15) is 23.8 Å². The molecule has 8 heteroatoms. The van der Waals surface area contributed by atoms with E-state index >= 15 is 0 Å². The average Bonchev–Trinajstić information content (AvgIpc) is 2.55. The molecule has 0 fully saturated rings. The van der Waals surface area contributed by atoms with E-state index < -0.39 is 28.2 Å². The van der Waals surface area contributed by atoms with Gasteiger partial charge in [0.1, 0.15) is 5.69 Å². The van der Waals surface area contributed by atoms with Crippen LogP contribution in [0.4, 0.5) is 14.5 Å². The second-order valence-electron chi connectivity index (χ2n) is 4.59. The number of pyridine rings is 1. The van der Waals surface area contributed by atoms with Gasteiger partial charge in [0.05, 0.1) is 11.5 Å². The topological polar surface area (TPSA) is 82.3 Å². The number of hydrogen-bond donors (Lipinski definition) is 0. The van der Waals surface area contributed by atoms with Gasteiger partial charge in [0.25, 0.3) is 5.69 Å². The molecule has 0 aliphatic rings. The minimum Gasteiger partial charge on any atom is -0.461 e. The van der Waals surface area contributed by atoms with Gasteiger partial charge in [-0.2, -0.15) is 0 Å². The standard InChI is InChI=1S/C15H12F2N2O4/c1-2-7-23-15(20)12-8-11(16)13(17)14(18-12)9-3-5-10(6-4-9)19(21)22/h3-6,8H,2,7H2,1H3. The SMILES string of the molecule is CCCOC(=O)c1cc(F)c(F)c(-c2ccc([N+](=O)[O-])cc2)n1. The predicted molar refractivity (Wildman–Crippen MR) is 76.8 cm³/mol. The molecule has 2 aromatic rings. The number of aromatic nitrogens is 1. The second-order valence-corrected chi connectivity index (χ2v) is 4.59. The first-order valence-electron chi connectivity index (χ1n) is 6.72. The van der Waals surface area contributed by atoms with Crippen LogP contribution in [0.15, 0.2) is 30.3 Å². The molecule has 0 amide bonds. The van der Waals surface area contributed by atoms with Crippen molar-refractivity contribution in [1.82, 2.24) is 4.98 Å². The van der Waals surface area contributed by atoms with Crippen LogP contribution in [0.5, 0.6) is 0 Å². The summed E-state index contributed by atoms with van der Waals surface area (Å²) in [5.74, 6) is -3.36. The van der Waals surface area contributed by atoms with E-state index in [1.165, 1.54) is 12.1 Å². The van der Waals surface area contributed by atoms with E-state index in [-0.39, 0.29) is 23.6 Å². The minimum atomic E-state index is -1.25. The number of esters is 1. The summed E-state index contributed by atoms with van der Waals surface area (Å²) in [5.41, 5.74) is -0.876. The molecule has 0 aliphatic heterocycles. The van der Waals surface area contributed by atoms with Crippen LogP contribution in [0.3, 0.4) is 0 Å². The average molecular weight is 322 g/mol. The summed E-state index contributed by atoms with van der Waals surface area (Å²) in [6, 6.07) is 5.38. The van der Waals surface area contributed by atoms with Gasteiger partial charge in [0, 0.05) is 23.8 Å². The Morgan fingerprint density at radius 1 is 1.30 bits per heavy atom. The van der Waals surface area contributed by atoms with Crippen molar-refractivity contribution < 1.29 is 23.2 Å². The Kier molecular flexibility index (Phi) is 4.95. The molecule has 0 spiro atoms. The number of non-ortho nitro benzene ring substituents is 1. The Labute approximate surface area is 129 Å². The third-order valence-corrected chi connectivity index (χ3v) is 2.91. The summed E-state index contributed by atoms with van der Waals surface area (Å²) < 4.78 is 32.4. The van der Waals surface area contributed by atoms with Crippen molar-refractivity contribution in [3.63, 3.8) is 0 Å². The lowest BCUT2D eigenvalue weighted by Gasteiger charge is -2.07. The summed E-state index contributed by atoms with van der Waals surface area (Å²) in [6.45, 7) is 1.92. The van der Waals surface area contributed by atoms with Gasteiger partial charge in [-0.1, -0.05) is 6.92 Å². The van der Waals surface area contributed by atoms with Crippen molar-refractivity contribution >= 4 is 11.7 Å². The lowest BCUT2D eigenvalue weighted by Crippen LogP contribution is -2.10. The maximum Gasteiger partial charge on any atom is 0.357 e. The van der Waals surface area contributed by atoms with Crippen molar-refractivity contribution in [1.29, 1.82) is 0 Å². The second kappa shape index (κ2) is 6.91. The molecule has 0 saturated carbocycles. The number of nitrogens with zero attached hydrogens (tertiary/aromatic N) is 2. The van der Waals surface area contributed by atoms with Crippen LogP contribution in [-0.4, -0.2) is 22.5 Å². The van der Waals surface area contributed by atoms with Gasteiger partial charge < -0.3 is 4.74 Å². The Bertz CT molecular complexity index is 748. The molecule has 2 rings (SSSR count). The van der Waals surface area contributed by atoms with Crippen LogP contribution in [0, 0.1) is 21.7 Å². The van der Waals surface area contributed by atoms with Crippen molar-refractivity contribution in [2.45, 2.75) is 13.3 Å². The van der Waals surface area contributed by atoms with E-state index in [0.717, 1.165) is 12.1 Å². The van der Waals surface area contributed by atoms with Crippen LogP contribution in [0.2, 0.25) is 0 Å². The van der Waals surface area contributed by atoms with Crippen molar-refractivity contribution in [3.8, 4) is 11.3 Å². The van der Waals surface area contributed by atoms with Gasteiger partial charge in [-0.05, 0) is 18.6 Å². The van der Waals surface area contributed by atoms with Crippen LogP contribution in [-0.2, 0) is 4.74 Å². The Morgan fingerprint density at radius 2 is 1.96 bits per heavy atom. The number of carbonyl (C=O) groups is 1. The zero-order valence-electron chi connectivity index (χ0n) is 12.1. The molecule has 23 heavy (non-hydrogen) atoms. The highest BCUT2D eigenvalue weighted by Gasteiger charge is 2.19. The summed E-state index contributed by atoms with van der Waals surface area (Å²) in [7, 11) is 0. The molecule has 0 unspecified atom stereocenters. The normalized spacial score (nSPS) is 10.4. The molecule has 0 radical (unpaired) electrons. The first-order chi connectivity index (χ1) is 10.9. The van der Waals surface area contributed by atoms with Crippen LogP contribution >= 0.6 is 0 Å². The molecule has 0 saturated heterocycles. The van der Waals surface area contributed by atoms with E-state index in [1.807, 2.05) is 0 Å². The highest BCUT2D eigenvalue weighted by Crippen LogP contribution is 2.25. The molecule has 6 nitrogen and oxygen atoms in total. The molecule has 0 aliphatic carbocycles. The zero-order chi connectivity index (χ0) is 17.0. The highest BCUT2D eigenvalue weighted by atomic mass is 19.2. The Balaban J connectivity index is 2.43. The quantitative estimate of drug-likeness (QED) is 0.478. The number of ether oxygens (including phenoxy) is 1. The molecule has 0 atom stereocenters. The monoisotopic (exact) mass is 322 g/mol. The van der Waals surface area contributed by atoms with Crippen molar-refractivity contribution in [2.24, 2.45) is 0 Å². The summed E-state index contributed by atoms with van der Waals surface area (Å²) in [6.07, 6.45) is 0.574. The van der Waals surface area contributed by atoms with Gasteiger partial charge in [-0.15, -0.1) is 0 Å². The van der Waals surface area contributed by atoms with Crippen molar-refractivity contribution in [3.05, 3.63) is 57.8 Å². The Hall–Kier alpha value is -2.90. The summed E-state index contributed by atoms with van der Waals surface area (Å²) in [5, 5.41) is 10.6. The smallest absolute Gasteiger partial charge is 0.357 e. The number of hydrogen-bond acceptors (Lipinski definition) is 5. The molecular formula is C15H12F2N2O4. The maximum atomic E-state index is 13.9. The molecule has 0 bridgehead atoms. The van der Waals surface area contributed by atoms with Gasteiger partial charge in [0.15, 0.2) is 17.3 Å². The largest absolute Gasteiger partial charge is 0.461 e. The van der Waals surface area contributed by atoms with Gasteiger partial charge in [-0.25, -0.2) is 18.6 Å². The number of rotatable bonds is 5. The lowest BCUT2D eigenvalue weighted by atomic mass is 10.1. The summed E-state index contributed by atoms with van der Waals surface area (Å²) in [4.78, 5) is 25.5. The predicted octanol–water partition coefficient (Wildman–Crippen LogP) is 3.50. The fraction of sp³-hybridized carbons (Fsp3) is 0.200. The van der Waals surface area contributed by atoms with E-state index in [2.05, 4.69) is 4.98 Å². The molecule has 1 aromatic heterocycles. The number of nitro benzene ring substituents is 1. The van der Waals surface area contributed by atoms with E-state index in [9.17, 15) is 23.7 Å². The fourth-order valence-electron chi connectivity index (χ4n) is 1.80.